The fraction of sp³-hybridized carbons (Fsp3) is 0.462. The van der Waals surface area contributed by atoms with Gasteiger partial charge < -0.3 is 19.5 Å². The monoisotopic (exact) mass is 482 g/mol. The lowest BCUT2D eigenvalue weighted by atomic mass is 9.80. The van der Waals surface area contributed by atoms with Gasteiger partial charge in [0.1, 0.15) is 6.23 Å². The second-order valence-corrected chi connectivity index (χ2v) is 9.39. The minimum Gasteiger partial charge on any atom is -0.492 e. The molecular formula is C26H30N2O7. The van der Waals surface area contributed by atoms with Crippen LogP contribution in [0.5, 0.6) is 0 Å². The lowest BCUT2D eigenvalue weighted by molar-refractivity contribution is -0.121. The number of ketones is 4. The first-order chi connectivity index (χ1) is 16.5. The SMILES string of the molecule is COC1=C(C)C(=O)C2=C(CN(C)C(C(O)N3C(C)=CC4=C(C(=O)C(OC)=C(C)C4=O)[C@@H]3C)C2)C1=O. The number of likely N-dealkylation sites (N-methyl/N-ethyl adjacent to an activating group) is 1. The quantitative estimate of drug-likeness (QED) is 0.593. The van der Waals surface area contributed by atoms with E-state index in [1.165, 1.54) is 14.2 Å². The van der Waals surface area contributed by atoms with Gasteiger partial charge in [0, 0.05) is 45.7 Å². The van der Waals surface area contributed by atoms with E-state index in [1.54, 1.807) is 45.7 Å². The van der Waals surface area contributed by atoms with Crippen LogP contribution in [0.25, 0.3) is 0 Å². The highest BCUT2D eigenvalue weighted by Crippen LogP contribution is 2.39. The number of methoxy groups -OCH3 is 2. The predicted molar refractivity (Wildman–Crippen MR) is 126 cm³/mol. The van der Waals surface area contributed by atoms with Gasteiger partial charge in [-0.1, -0.05) is 0 Å². The minimum absolute atomic E-state index is 0.00935. The highest BCUT2D eigenvalue weighted by molar-refractivity contribution is 6.26. The van der Waals surface area contributed by atoms with E-state index in [0.717, 1.165) is 0 Å². The molecule has 0 fully saturated rings. The molecule has 9 nitrogen and oxygen atoms in total. The van der Waals surface area contributed by atoms with E-state index in [4.69, 9.17) is 9.47 Å². The molecule has 4 rings (SSSR count). The molecule has 2 aliphatic heterocycles. The van der Waals surface area contributed by atoms with Gasteiger partial charge in [-0.05, 0) is 47.2 Å². The van der Waals surface area contributed by atoms with Gasteiger partial charge >= 0.3 is 0 Å². The molecule has 0 saturated heterocycles. The van der Waals surface area contributed by atoms with Crippen LogP contribution < -0.4 is 0 Å². The van der Waals surface area contributed by atoms with E-state index in [-0.39, 0.29) is 64.3 Å². The van der Waals surface area contributed by atoms with E-state index in [0.29, 0.717) is 22.4 Å². The fourth-order valence-electron chi connectivity index (χ4n) is 5.60. The molecule has 0 radical (unpaired) electrons. The fourth-order valence-corrected chi connectivity index (χ4v) is 5.60. The number of aliphatic hydroxyl groups is 1. The van der Waals surface area contributed by atoms with Crippen molar-refractivity contribution in [1.82, 2.24) is 9.80 Å². The number of rotatable bonds is 4. The van der Waals surface area contributed by atoms with Crippen LogP contribution in [-0.2, 0) is 28.7 Å². The maximum absolute atomic E-state index is 13.2. The summed E-state index contributed by atoms with van der Waals surface area (Å²) in [5.41, 5.74) is 2.48. The Bertz CT molecular complexity index is 1230. The molecule has 0 aromatic heterocycles. The summed E-state index contributed by atoms with van der Waals surface area (Å²) in [6.45, 7) is 6.83. The van der Waals surface area contributed by atoms with Crippen molar-refractivity contribution in [2.75, 3.05) is 27.8 Å². The Balaban J connectivity index is 1.67. The molecule has 1 N–H and O–H groups in total. The molecule has 0 bridgehead atoms. The summed E-state index contributed by atoms with van der Waals surface area (Å²) in [7, 11) is 4.50. The highest BCUT2D eigenvalue weighted by Gasteiger charge is 2.46. The van der Waals surface area contributed by atoms with Crippen LogP contribution in [0, 0.1) is 0 Å². The summed E-state index contributed by atoms with van der Waals surface area (Å²) in [6, 6.07) is -1.15. The lowest BCUT2D eigenvalue weighted by Crippen LogP contribution is -2.57. The highest BCUT2D eigenvalue weighted by atomic mass is 16.5. The summed E-state index contributed by atoms with van der Waals surface area (Å²) in [5, 5.41) is 11.6. The van der Waals surface area contributed by atoms with Crippen molar-refractivity contribution in [2.45, 2.75) is 52.4 Å². The Kier molecular flexibility index (Phi) is 6.19. The van der Waals surface area contributed by atoms with Gasteiger partial charge in [-0.3, -0.25) is 24.1 Å². The average molecular weight is 483 g/mol. The van der Waals surface area contributed by atoms with Crippen molar-refractivity contribution >= 4 is 23.1 Å². The van der Waals surface area contributed by atoms with Crippen LogP contribution in [0.2, 0.25) is 0 Å². The van der Waals surface area contributed by atoms with Crippen molar-refractivity contribution in [3.8, 4) is 0 Å². The summed E-state index contributed by atoms with van der Waals surface area (Å²) in [4.78, 5) is 55.6. The Morgan fingerprint density at radius 2 is 1.49 bits per heavy atom. The van der Waals surface area contributed by atoms with Crippen molar-refractivity contribution in [2.24, 2.45) is 0 Å². The zero-order chi connectivity index (χ0) is 25.9. The Morgan fingerprint density at radius 1 is 0.914 bits per heavy atom. The molecule has 9 heteroatoms. The van der Waals surface area contributed by atoms with Crippen LogP contribution in [0.4, 0.5) is 0 Å². The first-order valence-corrected chi connectivity index (χ1v) is 11.5. The number of allylic oxidation sites excluding steroid dienone is 7. The first kappa shape index (κ1) is 24.8. The minimum atomic E-state index is -1.12. The zero-order valence-corrected chi connectivity index (χ0v) is 21.0. The number of carbonyl (C=O) groups excluding carboxylic acids is 4. The Labute approximate surface area is 204 Å². The molecule has 0 aromatic carbocycles. The molecule has 0 saturated carbocycles. The van der Waals surface area contributed by atoms with Gasteiger partial charge in [0.05, 0.1) is 26.3 Å². The standard InChI is InChI=1S/C26H30N2O7/c1-11-8-16-19(23(32)25(35-7)13(3)21(16)30)14(4)28(11)26(33)18-9-15-17(10-27(18)5)22(31)24(34-6)12(2)20(15)29/h8,14,18,26,33H,9-10H2,1-7H3/t14-,18?,26?/m0/s1. The van der Waals surface area contributed by atoms with Crippen LogP contribution in [0.1, 0.15) is 34.1 Å². The van der Waals surface area contributed by atoms with Gasteiger partial charge in [-0.2, -0.15) is 0 Å². The Hall–Kier alpha value is -3.30. The van der Waals surface area contributed by atoms with Gasteiger partial charge in [0.2, 0.25) is 11.6 Å². The van der Waals surface area contributed by atoms with Crippen LogP contribution in [0.3, 0.4) is 0 Å². The number of aliphatic hydroxyl groups excluding tert-OH is 1. The third kappa shape index (κ3) is 3.52. The van der Waals surface area contributed by atoms with E-state index in [2.05, 4.69) is 0 Å². The number of Topliss-reactive ketones (excluding diaryl/α,β-unsaturated/α-hetero) is 4. The maximum atomic E-state index is 13.2. The molecule has 186 valence electrons. The van der Waals surface area contributed by atoms with Crippen molar-refractivity contribution in [3.05, 3.63) is 56.7 Å². The number of hydrogen-bond acceptors (Lipinski definition) is 9. The molecule has 0 amide bonds. The summed E-state index contributed by atoms with van der Waals surface area (Å²) < 4.78 is 10.4. The van der Waals surface area contributed by atoms with Gasteiger partial charge in [-0.25, -0.2) is 0 Å². The molecular weight excluding hydrogens is 452 g/mol. The second-order valence-electron chi connectivity index (χ2n) is 9.39. The Morgan fingerprint density at radius 3 is 2.09 bits per heavy atom. The number of hydrogen-bond donors (Lipinski definition) is 1. The molecule has 2 heterocycles. The van der Waals surface area contributed by atoms with E-state index < -0.39 is 18.3 Å². The number of nitrogens with zero attached hydrogens (tertiary/aromatic N) is 2. The van der Waals surface area contributed by atoms with E-state index in [1.807, 2.05) is 4.90 Å². The predicted octanol–water partition coefficient (Wildman–Crippen LogP) is 1.35. The molecule has 4 aliphatic rings. The van der Waals surface area contributed by atoms with Crippen molar-refractivity contribution in [3.63, 3.8) is 0 Å². The molecule has 2 unspecified atom stereocenters. The summed E-state index contributed by atoms with van der Waals surface area (Å²) >= 11 is 0. The van der Waals surface area contributed by atoms with E-state index >= 15 is 0 Å². The summed E-state index contributed by atoms with van der Waals surface area (Å²) in [5.74, 6) is -1.15. The van der Waals surface area contributed by atoms with E-state index in [9.17, 15) is 24.3 Å². The molecule has 2 aliphatic carbocycles. The molecule has 0 spiro atoms. The third-order valence-electron chi connectivity index (χ3n) is 7.49. The first-order valence-electron chi connectivity index (χ1n) is 11.5. The lowest BCUT2D eigenvalue weighted by Gasteiger charge is -2.47. The van der Waals surface area contributed by atoms with Crippen molar-refractivity contribution < 1.29 is 33.8 Å². The van der Waals surface area contributed by atoms with Gasteiger partial charge in [-0.15, -0.1) is 0 Å². The molecule has 3 atom stereocenters. The molecule has 0 aromatic rings. The molecule has 35 heavy (non-hydrogen) atoms. The number of carbonyl (C=O) groups is 4. The smallest absolute Gasteiger partial charge is 0.226 e. The maximum Gasteiger partial charge on any atom is 0.226 e. The van der Waals surface area contributed by atoms with Crippen LogP contribution in [-0.4, -0.2) is 84.2 Å². The van der Waals surface area contributed by atoms with Gasteiger partial charge in [0.15, 0.2) is 23.1 Å². The number of ether oxygens (including phenoxy) is 2. The third-order valence-corrected chi connectivity index (χ3v) is 7.49. The topological polar surface area (TPSA) is 113 Å². The second kappa shape index (κ2) is 8.73. The normalized spacial score (nSPS) is 26.9. The average Bonchev–Trinajstić information content (AvgIpc) is 2.81. The largest absolute Gasteiger partial charge is 0.492 e. The summed E-state index contributed by atoms with van der Waals surface area (Å²) in [6.07, 6.45) is 0.657. The van der Waals surface area contributed by atoms with Crippen molar-refractivity contribution in [1.29, 1.82) is 0 Å². The van der Waals surface area contributed by atoms with Crippen LogP contribution in [0.15, 0.2) is 56.7 Å². The van der Waals surface area contributed by atoms with Gasteiger partial charge in [0.25, 0.3) is 0 Å². The zero-order valence-electron chi connectivity index (χ0n) is 21.0. The van der Waals surface area contributed by atoms with Crippen LogP contribution >= 0.6 is 0 Å².